The third kappa shape index (κ3) is 5.86. The summed E-state index contributed by atoms with van der Waals surface area (Å²) < 4.78 is 0. The normalized spacial score (nSPS) is 11.3. The maximum absolute atomic E-state index is 11.5. The van der Waals surface area contributed by atoms with Crippen molar-refractivity contribution in [2.45, 2.75) is 32.2 Å². The number of urea groups is 1. The quantitative estimate of drug-likeness (QED) is 0.701. The summed E-state index contributed by atoms with van der Waals surface area (Å²) in [5.41, 5.74) is 0. The lowest BCUT2D eigenvalue weighted by atomic mass is 10.1. The van der Waals surface area contributed by atoms with Gasteiger partial charge in [-0.1, -0.05) is 6.92 Å². The van der Waals surface area contributed by atoms with E-state index in [-0.39, 0.29) is 24.9 Å². The predicted octanol–water partition coefficient (Wildman–Crippen LogP) is 0.795. The predicted molar refractivity (Wildman–Crippen MR) is 57.7 cm³/mol. The second-order valence-electron chi connectivity index (χ2n) is 3.48. The van der Waals surface area contributed by atoms with Crippen molar-refractivity contribution >= 4 is 12.0 Å². The minimum absolute atomic E-state index is 0.0890. The Morgan fingerprint density at radius 3 is 2.62 bits per heavy atom. The SMILES string of the molecule is CCC(CC(=O)O)NC(=O)N(C)CCC#N. The summed E-state index contributed by atoms with van der Waals surface area (Å²) in [5.74, 6) is -0.938. The zero-order valence-corrected chi connectivity index (χ0v) is 9.56. The van der Waals surface area contributed by atoms with Gasteiger partial charge in [-0.25, -0.2) is 4.79 Å². The number of nitrogens with one attached hydrogen (secondary N) is 1. The highest BCUT2D eigenvalue weighted by Gasteiger charge is 2.16. The second kappa shape index (κ2) is 7.51. The van der Waals surface area contributed by atoms with Crippen molar-refractivity contribution in [3.8, 4) is 6.07 Å². The highest BCUT2D eigenvalue weighted by Crippen LogP contribution is 1.99. The summed E-state index contributed by atoms with van der Waals surface area (Å²) in [5, 5.41) is 19.6. The van der Waals surface area contributed by atoms with Crippen LogP contribution in [0.3, 0.4) is 0 Å². The minimum Gasteiger partial charge on any atom is -0.481 e. The molecular formula is C10H17N3O3. The summed E-state index contributed by atoms with van der Waals surface area (Å²) >= 11 is 0. The average molecular weight is 227 g/mol. The molecule has 2 amide bonds. The summed E-state index contributed by atoms with van der Waals surface area (Å²) in [6.45, 7) is 2.15. The van der Waals surface area contributed by atoms with Crippen LogP contribution in [0.5, 0.6) is 0 Å². The van der Waals surface area contributed by atoms with Crippen LogP contribution in [-0.4, -0.2) is 41.6 Å². The Bertz CT molecular complexity index is 286. The first-order chi connectivity index (χ1) is 7.51. The topological polar surface area (TPSA) is 93.4 Å². The monoisotopic (exact) mass is 227 g/mol. The maximum atomic E-state index is 11.5. The lowest BCUT2D eigenvalue weighted by Crippen LogP contribution is -2.43. The van der Waals surface area contributed by atoms with Crippen LogP contribution >= 0.6 is 0 Å². The smallest absolute Gasteiger partial charge is 0.317 e. The average Bonchev–Trinajstić information content (AvgIpc) is 2.23. The molecule has 0 aromatic carbocycles. The van der Waals surface area contributed by atoms with Crippen molar-refractivity contribution in [3.63, 3.8) is 0 Å². The first kappa shape index (κ1) is 14.2. The molecule has 16 heavy (non-hydrogen) atoms. The van der Waals surface area contributed by atoms with Crippen molar-refractivity contribution in [2.75, 3.05) is 13.6 Å². The Morgan fingerprint density at radius 1 is 1.56 bits per heavy atom. The van der Waals surface area contributed by atoms with Gasteiger partial charge in [0.1, 0.15) is 0 Å². The molecule has 0 saturated carbocycles. The number of hydrogen-bond acceptors (Lipinski definition) is 3. The fourth-order valence-corrected chi connectivity index (χ4v) is 1.11. The van der Waals surface area contributed by atoms with Crippen LogP contribution in [0.4, 0.5) is 4.79 Å². The number of hydrogen-bond donors (Lipinski definition) is 2. The summed E-state index contributed by atoms with van der Waals surface area (Å²) in [4.78, 5) is 23.4. The van der Waals surface area contributed by atoms with E-state index < -0.39 is 5.97 Å². The number of carboxylic acid groups (broad SMARTS) is 1. The van der Waals surface area contributed by atoms with Crippen molar-refractivity contribution < 1.29 is 14.7 Å². The molecule has 0 spiro atoms. The Labute approximate surface area is 94.8 Å². The lowest BCUT2D eigenvalue weighted by molar-refractivity contribution is -0.137. The van der Waals surface area contributed by atoms with Crippen LogP contribution in [0.2, 0.25) is 0 Å². The number of carbonyl (C=O) groups excluding carboxylic acids is 1. The van der Waals surface area contributed by atoms with Crippen LogP contribution in [0.1, 0.15) is 26.2 Å². The van der Waals surface area contributed by atoms with Crippen molar-refractivity contribution in [2.24, 2.45) is 0 Å². The molecule has 0 rings (SSSR count). The number of rotatable bonds is 6. The molecule has 6 heteroatoms. The van der Waals surface area contributed by atoms with Gasteiger partial charge in [-0.05, 0) is 6.42 Å². The third-order valence-corrected chi connectivity index (χ3v) is 2.15. The van der Waals surface area contributed by atoms with E-state index in [1.54, 1.807) is 7.05 Å². The van der Waals surface area contributed by atoms with Gasteiger partial charge < -0.3 is 15.3 Å². The summed E-state index contributed by atoms with van der Waals surface area (Å²) in [6, 6.07) is 1.23. The van der Waals surface area contributed by atoms with E-state index in [0.29, 0.717) is 13.0 Å². The van der Waals surface area contributed by atoms with E-state index in [0.717, 1.165) is 0 Å². The molecule has 0 aliphatic rings. The van der Waals surface area contributed by atoms with Gasteiger partial charge >= 0.3 is 12.0 Å². The second-order valence-corrected chi connectivity index (χ2v) is 3.48. The minimum atomic E-state index is -0.938. The van der Waals surface area contributed by atoms with E-state index in [2.05, 4.69) is 5.32 Å². The van der Waals surface area contributed by atoms with Crippen molar-refractivity contribution in [1.29, 1.82) is 5.26 Å². The molecule has 90 valence electrons. The van der Waals surface area contributed by atoms with Gasteiger partial charge in [-0.3, -0.25) is 4.79 Å². The first-order valence-corrected chi connectivity index (χ1v) is 5.11. The largest absolute Gasteiger partial charge is 0.481 e. The van der Waals surface area contributed by atoms with E-state index >= 15 is 0 Å². The van der Waals surface area contributed by atoms with E-state index in [1.807, 2.05) is 13.0 Å². The number of nitrogens with zero attached hydrogens (tertiary/aromatic N) is 2. The first-order valence-electron chi connectivity index (χ1n) is 5.11. The molecule has 1 unspecified atom stereocenters. The number of amides is 2. The summed E-state index contributed by atoms with van der Waals surface area (Å²) in [7, 11) is 1.57. The molecular weight excluding hydrogens is 210 g/mol. The molecule has 0 radical (unpaired) electrons. The van der Waals surface area contributed by atoms with Gasteiger partial charge in [0.05, 0.1) is 18.9 Å². The molecule has 0 aliphatic heterocycles. The maximum Gasteiger partial charge on any atom is 0.317 e. The van der Waals surface area contributed by atoms with Gasteiger partial charge in [-0.2, -0.15) is 5.26 Å². The fraction of sp³-hybridized carbons (Fsp3) is 0.700. The third-order valence-electron chi connectivity index (χ3n) is 2.15. The van der Waals surface area contributed by atoms with Crippen LogP contribution in [0, 0.1) is 11.3 Å². The Hall–Kier alpha value is -1.77. The van der Waals surface area contributed by atoms with Gasteiger partial charge in [-0.15, -0.1) is 0 Å². The molecule has 0 aliphatic carbocycles. The Balaban J connectivity index is 4.09. The van der Waals surface area contributed by atoms with Crippen LogP contribution in [0.15, 0.2) is 0 Å². The molecule has 6 nitrogen and oxygen atoms in total. The van der Waals surface area contributed by atoms with Crippen LogP contribution in [0.25, 0.3) is 0 Å². The number of carboxylic acids is 1. The fourth-order valence-electron chi connectivity index (χ4n) is 1.11. The molecule has 0 aromatic rings. The van der Waals surface area contributed by atoms with Crippen molar-refractivity contribution in [1.82, 2.24) is 10.2 Å². The number of aliphatic carboxylic acids is 1. The summed E-state index contributed by atoms with van der Waals surface area (Å²) in [6.07, 6.45) is 0.734. The highest BCUT2D eigenvalue weighted by molar-refractivity contribution is 5.75. The number of nitriles is 1. The zero-order chi connectivity index (χ0) is 12.6. The van der Waals surface area contributed by atoms with Crippen LogP contribution in [-0.2, 0) is 4.79 Å². The zero-order valence-electron chi connectivity index (χ0n) is 9.56. The van der Waals surface area contributed by atoms with Gasteiger partial charge in [0.15, 0.2) is 0 Å². The van der Waals surface area contributed by atoms with Crippen molar-refractivity contribution in [3.05, 3.63) is 0 Å². The molecule has 2 N–H and O–H groups in total. The van der Waals surface area contributed by atoms with Gasteiger partial charge in [0.2, 0.25) is 0 Å². The standard InChI is InChI=1S/C10H17N3O3/c1-3-8(7-9(14)15)12-10(16)13(2)6-4-5-11/h8H,3-4,6-7H2,1-2H3,(H,12,16)(H,14,15). The van der Waals surface area contributed by atoms with E-state index in [4.69, 9.17) is 10.4 Å². The Kier molecular flexibility index (Phi) is 6.68. The molecule has 0 bridgehead atoms. The number of carbonyl (C=O) groups is 2. The highest BCUT2D eigenvalue weighted by atomic mass is 16.4. The van der Waals surface area contributed by atoms with E-state index in [9.17, 15) is 9.59 Å². The van der Waals surface area contributed by atoms with Crippen LogP contribution < -0.4 is 5.32 Å². The molecule has 0 aromatic heterocycles. The molecule has 0 fully saturated rings. The Morgan fingerprint density at radius 2 is 2.19 bits per heavy atom. The molecule has 0 saturated heterocycles. The van der Waals surface area contributed by atoms with Gasteiger partial charge in [0, 0.05) is 19.6 Å². The lowest BCUT2D eigenvalue weighted by Gasteiger charge is -2.21. The van der Waals surface area contributed by atoms with E-state index in [1.165, 1.54) is 4.90 Å². The molecule has 1 atom stereocenters. The van der Waals surface area contributed by atoms with Gasteiger partial charge in [0.25, 0.3) is 0 Å². The molecule has 0 heterocycles.